The largest absolute Gasteiger partial charge is 0.497 e. The second-order valence-corrected chi connectivity index (χ2v) is 7.87. The Morgan fingerprint density at radius 2 is 1.71 bits per heavy atom. The van der Waals surface area contributed by atoms with E-state index in [1.54, 1.807) is 13.4 Å². The molecule has 2 saturated heterocycles. The second kappa shape index (κ2) is 10.5. The van der Waals surface area contributed by atoms with E-state index in [4.69, 9.17) is 15.2 Å². The van der Waals surface area contributed by atoms with Crippen molar-refractivity contribution in [2.24, 2.45) is 0 Å². The van der Waals surface area contributed by atoms with Crippen LogP contribution in [0.1, 0.15) is 6.42 Å². The zero-order chi connectivity index (χ0) is 21.5. The van der Waals surface area contributed by atoms with E-state index in [0.717, 1.165) is 89.4 Å². The van der Waals surface area contributed by atoms with Gasteiger partial charge in [0.1, 0.15) is 17.8 Å². The molecule has 1 aromatic carbocycles. The number of ether oxygens (including phenoxy) is 2. The maximum absolute atomic E-state index is 6.43. The number of nitrogen functional groups attached to an aromatic ring is 1. The van der Waals surface area contributed by atoms with Crippen LogP contribution in [0, 0.1) is 0 Å². The first-order valence-corrected chi connectivity index (χ1v) is 11.0. The van der Waals surface area contributed by atoms with Crippen LogP contribution in [-0.2, 0) is 4.74 Å². The second-order valence-electron chi connectivity index (χ2n) is 7.87. The number of rotatable bonds is 8. The number of methoxy groups -OCH3 is 1. The number of hydrogen-bond donors (Lipinski definition) is 2. The highest BCUT2D eigenvalue weighted by molar-refractivity contribution is 5.75. The van der Waals surface area contributed by atoms with Gasteiger partial charge in [-0.1, -0.05) is 0 Å². The van der Waals surface area contributed by atoms with Crippen LogP contribution in [0.4, 0.5) is 23.0 Å². The zero-order valence-electron chi connectivity index (χ0n) is 18.3. The molecule has 2 aliphatic heterocycles. The summed E-state index contributed by atoms with van der Waals surface area (Å²) in [7, 11) is 1.69. The van der Waals surface area contributed by atoms with Gasteiger partial charge in [-0.15, -0.1) is 0 Å². The van der Waals surface area contributed by atoms with Crippen LogP contribution >= 0.6 is 0 Å². The van der Waals surface area contributed by atoms with Gasteiger partial charge in [0.25, 0.3) is 0 Å². The number of nitrogens with one attached hydrogen (secondary N) is 1. The standard InChI is InChI=1S/C22H33N7O2/c1-30-19-5-3-18(4-6-19)28-9-11-29(12-10-28)22-20(23)21(25-17-26-22)24-7-2-8-27-13-15-31-16-14-27/h3-6,17H,2,7-16,23H2,1H3,(H,24,25,26). The van der Waals surface area contributed by atoms with E-state index < -0.39 is 0 Å². The van der Waals surface area contributed by atoms with Crippen molar-refractivity contribution in [1.29, 1.82) is 0 Å². The predicted octanol–water partition coefficient (Wildman–Crippen LogP) is 1.53. The molecule has 2 aliphatic rings. The Kier molecular flexibility index (Phi) is 7.26. The van der Waals surface area contributed by atoms with Crippen molar-refractivity contribution >= 4 is 23.0 Å². The fourth-order valence-corrected chi connectivity index (χ4v) is 4.08. The molecule has 9 heteroatoms. The summed E-state index contributed by atoms with van der Waals surface area (Å²) in [5.41, 5.74) is 8.27. The summed E-state index contributed by atoms with van der Waals surface area (Å²) in [4.78, 5) is 15.9. The van der Waals surface area contributed by atoms with Gasteiger partial charge in [0.2, 0.25) is 0 Å². The van der Waals surface area contributed by atoms with Crippen molar-refractivity contribution < 1.29 is 9.47 Å². The molecule has 31 heavy (non-hydrogen) atoms. The predicted molar refractivity (Wildman–Crippen MR) is 124 cm³/mol. The van der Waals surface area contributed by atoms with Crippen LogP contribution < -0.4 is 25.6 Å². The molecule has 0 spiro atoms. The maximum Gasteiger partial charge on any atom is 0.157 e. The number of piperazine rings is 1. The molecular weight excluding hydrogens is 394 g/mol. The molecule has 2 fully saturated rings. The van der Waals surface area contributed by atoms with E-state index in [9.17, 15) is 0 Å². The van der Waals surface area contributed by atoms with Crippen molar-refractivity contribution in [2.75, 3.05) is 93.5 Å². The first-order chi connectivity index (χ1) is 15.2. The molecule has 0 bridgehead atoms. The van der Waals surface area contributed by atoms with E-state index in [0.29, 0.717) is 5.69 Å². The maximum atomic E-state index is 6.43. The van der Waals surface area contributed by atoms with Gasteiger partial charge in [-0.05, 0) is 37.2 Å². The van der Waals surface area contributed by atoms with E-state index in [-0.39, 0.29) is 0 Å². The fourth-order valence-electron chi connectivity index (χ4n) is 4.08. The number of hydrogen-bond acceptors (Lipinski definition) is 9. The molecule has 3 N–H and O–H groups in total. The molecule has 0 aliphatic carbocycles. The Labute approximate surface area is 184 Å². The van der Waals surface area contributed by atoms with E-state index >= 15 is 0 Å². The Morgan fingerprint density at radius 3 is 2.42 bits per heavy atom. The number of nitrogens with zero attached hydrogens (tertiary/aromatic N) is 5. The zero-order valence-corrected chi connectivity index (χ0v) is 18.3. The summed E-state index contributed by atoms with van der Waals surface area (Å²) in [5.74, 6) is 2.42. The Balaban J connectivity index is 1.28. The summed E-state index contributed by atoms with van der Waals surface area (Å²) in [6.45, 7) is 9.15. The van der Waals surface area contributed by atoms with E-state index in [1.807, 2.05) is 12.1 Å². The Morgan fingerprint density at radius 1 is 1.00 bits per heavy atom. The van der Waals surface area contributed by atoms with Crippen molar-refractivity contribution in [2.45, 2.75) is 6.42 Å². The number of benzene rings is 1. The van der Waals surface area contributed by atoms with Crippen molar-refractivity contribution in [3.8, 4) is 5.75 Å². The normalized spacial score (nSPS) is 17.6. The van der Waals surface area contributed by atoms with E-state index in [2.05, 4.69) is 42.1 Å². The van der Waals surface area contributed by atoms with Gasteiger partial charge in [0.15, 0.2) is 11.6 Å². The van der Waals surface area contributed by atoms with Crippen molar-refractivity contribution in [3.05, 3.63) is 30.6 Å². The molecule has 4 rings (SSSR count). The van der Waals surface area contributed by atoms with Gasteiger partial charge < -0.3 is 30.3 Å². The number of morpholine rings is 1. The van der Waals surface area contributed by atoms with Crippen LogP contribution in [0.2, 0.25) is 0 Å². The third-order valence-electron chi connectivity index (χ3n) is 5.93. The third-order valence-corrected chi connectivity index (χ3v) is 5.93. The lowest BCUT2D eigenvalue weighted by Crippen LogP contribution is -2.47. The number of anilines is 4. The van der Waals surface area contributed by atoms with E-state index in [1.165, 1.54) is 5.69 Å². The molecule has 168 valence electrons. The molecule has 0 atom stereocenters. The van der Waals surface area contributed by atoms with Gasteiger partial charge in [0.05, 0.1) is 20.3 Å². The summed E-state index contributed by atoms with van der Waals surface area (Å²) < 4.78 is 10.7. The smallest absolute Gasteiger partial charge is 0.157 e. The average molecular weight is 428 g/mol. The molecule has 3 heterocycles. The minimum atomic E-state index is 0.631. The first-order valence-electron chi connectivity index (χ1n) is 11.0. The SMILES string of the molecule is COc1ccc(N2CCN(c3ncnc(NCCCN4CCOCC4)c3N)CC2)cc1. The lowest BCUT2D eigenvalue weighted by Gasteiger charge is -2.37. The van der Waals surface area contributed by atoms with Crippen molar-refractivity contribution in [1.82, 2.24) is 14.9 Å². The molecular formula is C22H33N7O2. The highest BCUT2D eigenvalue weighted by atomic mass is 16.5. The van der Waals surface area contributed by atoms with Crippen LogP contribution in [0.15, 0.2) is 30.6 Å². The van der Waals surface area contributed by atoms with Crippen LogP contribution in [-0.4, -0.2) is 87.5 Å². The minimum Gasteiger partial charge on any atom is -0.497 e. The topological polar surface area (TPSA) is 92.0 Å². The third kappa shape index (κ3) is 5.48. The van der Waals surface area contributed by atoms with Crippen molar-refractivity contribution in [3.63, 3.8) is 0 Å². The fraction of sp³-hybridized carbons (Fsp3) is 0.545. The van der Waals surface area contributed by atoms with Crippen LogP contribution in [0.5, 0.6) is 5.75 Å². The van der Waals surface area contributed by atoms with Gasteiger partial charge in [-0.2, -0.15) is 0 Å². The first kappa shape index (κ1) is 21.5. The quantitative estimate of drug-likeness (QED) is 0.609. The highest BCUT2D eigenvalue weighted by Gasteiger charge is 2.21. The summed E-state index contributed by atoms with van der Waals surface area (Å²) in [6, 6.07) is 8.21. The molecule has 0 amide bonds. The van der Waals surface area contributed by atoms with Gasteiger partial charge in [-0.25, -0.2) is 9.97 Å². The summed E-state index contributed by atoms with van der Waals surface area (Å²) >= 11 is 0. The Bertz CT molecular complexity index is 819. The summed E-state index contributed by atoms with van der Waals surface area (Å²) in [5, 5.41) is 3.39. The number of aromatic nitrogens is 2. The molecule has 0 radical (unpaired) electrons. The molecule has 1 aromatic heterocycles. The number of nitrogens with two attached hydrogens (primary N) is 1. The lowest BCUT2D eigenvalue weighted by atomic mass is 10.2. The minimum absolute atomic E-state index is 0.631. The molecule has 0 unspecified atom stereocenters. The van der Waals surface area contributed by atoms with Crippen LogP contribution in [0.3, 0.4) is 0 Å². The van der Waals surface area contributed by atoms with Crippen LogP contribution in [0.25, 0.3) is 0 Å². The highest BCUT2D eigenvalue weighted by Crippen LogP contribution is 2.28. The van der Waals surface area contributed by atoms with Gasteiger partial charge >= 0.3 is 0 Å². The Hall–Kier alpha value is -2.78. The molecule has 9 nitrogen and oxygen atoms in total. The molecule has 0 saturated carbocycles. The van der Waals surface area contributed by atoms with Gasteiger partial charge in [0, 0.05) is 51.5 Å². The van der Waals surface area contributed by atoms with Gasteiger partial charge in [-0.3, -0.25) is 4.90 Å². The monoisotopic (exact) mass is 427 g/mol. The molecule has 2 aromatic rings. The average Bonchev–Trinajstić information content (AvgIpc) is 2.84. The summed E-state index contributed by atoms with van der Waals surface area (Å²) in [6.07, 6.45) is 2.64. The lowest BCUT2D eigenvalue weighted by molar-refractivity contribution is 0.0378.